The van der Waals surface area contributed by atoms with Gasteiger partial charge in [0, 0.05) is 6.42 Å². The van der Waals surface area contributed by atoms with Crippen LogP contribution in [0.2, 0.25) is 0 Å². The number of carbonyl (C=O) groups excluding carboxylic acids is 2. The summed E-state index contributed by atoms with van der Waals surface area (Å²) in [5, 5.41) is 2.60. The van der Waals surface area contributed by atoms with Gasteiger partial charge in [0.1, 0.15) is 11.6 Å². The number of piperazine rings is 1. The van der Waals surface area contributed by atoms with Crippen molar-refractivity contribution in [2.45, 2.75) is 38.3 Å². The van der Waals surface area contributed by atoms with E-state index in [2.05, 4.69) is 5.32 Å². The van der Waals surface area contributed by atoms with Crippen LogP contribution in [0.1, 0.15) is 19.4 Å². The molecule has 4 nitrogen and oxygen atoms in total. The lowest BCUT2D eigenvalue weighted by Gasteiger charge is -2.42. The molecule has 0 radical (unpaired) electrons. The number of alkyl halides is 2. The van der Waals surface area contributed by atoms with Crippen molar-refractivity contribution in [2.24, 2.45) is 0 Å². The van der Waals surface area contributed by atoms with Crippen molar-refractivity contribution in [1.82, 2.24) is 10.2 Å². The fourth-order valence-electron chi connectivity index (χ4n) is 2.49. The zero-order valence-corrected chi connectivity index (χ0v) is 12.0. The van der Waals surface area contributed by atoms with Crippen molar-refractivity contribution in [3.8, 4) is 0 Å². The van der Waals surface area contributed by atoms with Gasteiger partial charge in [-0.2, -0.15) is 0 Å². The monoisotopic (exact) mass is 296 g/mol. The molecule has 6 heteroatoms. The van der Waals surface area contributed by atoms with Crippen LogP contribution in [0.4, 0.5) is 8.78 Å². The number of nitrogens with one attached hydrogen (secondary N) is 1. The van der Waals surface area contributed by atoms with E-state index in [-0.39, 0.29) is 6.42 Å². The molecule has 0 saturated carbocycles. The zero-order valence-electron chi connectivity index (χ0n) is 12.0. The van der Waals surface area contributed by atoms with Gasteiger partial charge in [-0.15, -0.1) is 0 Å². The lowest BCUT2D eigenvalue weighted by Crippen LogP contribution is -2.69. The number of hydrogen-bond donors (Lipinski definition) is 1. The number of hydrogen-bond acceptors (Lipinski definition) is 2. The minimum Gasteiger partial charge on any atom is -0.340 e. The van der Waals surface area contributed by atoms with Gasteiger partial charge in [0.05, 0.1) is 6.54 Å². The molecule has 1 unspecified atom stereocenters. The highest BCUT2D eigenvalue weighted by Crippen LogP contribution is 2.21. The van der Waals surface area contributed by atoms with E-state index in [1.54, 1.807) is 24.3 Å². The molecule has 0 spiro atoms. The molecule has 21 heavy (non-hydrogen) atoms. The molecule has 2 amide bonds. The molecule has 0 aliphatic carbocycles. The summed E-state index contributed by atoms with van der Waals surface area (Å²) in [5.74, 6) is -0.882. The summed E-state index contributed by atoms with van der Waals surface area (Å²) in [6.07, 6.45) is -2.45. The molecule has 0 bridgehead atoms. The number of rotatable bonds is 4. The average molecular weight is 296 g/mol. The van der Waals surface area contributed by atoms with E-state index in [1.165, 1.54) is 13.8 Å². The molecule has 0 aromatic heterocycles. The van der Waals surface area contributed by atoms with Gasteiger partial charge in [-0.3, -0.25) is 9.59 Å². The van der Waals surface area contributed by atoms with Crippen LogP contribution in [0.25, 0.3) is 0 Å². The van der Waals surface area contributed by atoms with Crippen LogP contribution in [0.15, 0.2) is 30.3 Å². The first-order chi connectivity index (χ1) is 9.81. The van der Waals surface area contributed by atoms with E-state index < -0.39 is 36.4 Å². The summed E-state index contributed by atoms with van der Waals surface area (Å²) in [4.78, 5) is 25.5. The maximum absolute atomic E-state index is 12.8. The molecule has 1 fully saturated rings. The second-order valence-corrected chi connectivity index (χ2v) is 5.67. The Kier molecular flexibility index (Phi) is 4.25. The standard InChI is InChI=1S/C15H18F2N2O2/c1-15(2)14(21)19(9-12(16)17)11(13(20)18-15)8-10-6-4-3-5-7-10/h3-7,11-12H,8-9H2,1-2H3,(H,18,20). The molecule has 1 aliphatic rings. The van der Waals surface area contributed by atoms with Crippen LogP contribution in [0.3, 0.4) is 0 Å². The van der Waals surface area contributed by atoms with Crippen molar-refractivity contribution in [3.05, 3.63) is 35.9 Å². The Bertz CT molecular complexity index is 532. The topological polar surface area (TPSA) is 49.4 Å². The molecular formula is C15H18F2N2O2. The number of benzene rings is 1. The van der Waals surface area contributed by atoms with Gasteiger partial charge in [0.15, 0.2) is 0 Å². The van der Waals surface area contributed by atoms with Gasteiger partial charge in [0.25, 0.3) is 6.43 Å². The van der Waals surface area contributed by atoms with Crippen LogP contribution in [-0.4, -0.2) is 41.3 Å². The first-order valence-electron chi connectivity index (χ1n) is 6.76. The van der Waals surface area contributed by atoms with Gasteiger partial charge in [0.2, 0.25) is 11.8 Å². The molecule has 1 aromatic carbocycles. The molecule has 1 N–H and O–H groups in total. The van der Waals surface area contributed by atoms with Gasteiger partial charge in [-0.05, 0) is 19.4 Å². The largest absolute Gasteiger partial charge is 0.340 e. The third-order valence-corrected chi connectivity index (χ3v) is 3.52. The summed E-state index contributed by atoms with van der Waals surface area (Å²) >= 11 is 0. The summed E-state index contributed by atoms with van der Waals surface area (Å²) < 4.78 is 25.5. The van der Waals surface area contributed by atoms with Gasteiger partial charge in [-0.1, -0.05) is 30.3 Å². The fourth-order valence-corrected chi connectivity index (χ4v) is 2.49. The molecule has 1 heterocycles. The van der Waals surface area contributed by atoms with Crippen molar-refractivity contribution >= 4 is 11.8 Å². The number of halogens is 2. The van der Waals surface area contributed by atoms with E-state index in [0.717, 1.165) is 10.5 Å². The predicted molar refractivity (Wildman–Crippen MR) is 73.9 cm³/mol. The molecule has 2 rings (SSSR count). The Morgan fingerprint density at radius 3 is 2.43 bits per heavy atom. The third-order valence-electron chi connectivity index (χ3n) is 3.52. The smallest absolute Gasteiger partial charge is 0.255 e. The van der Waals surface area contributed by atoms with Gasteiger partial charge < -0.3 is 10.2 Å². The summed E-state index contributed by atoms with van der Waals surface area (Å²) in [5.41, 5.74) is -0.330. The van der Waals surface area contributed by atoms with Gasteiger partial charge >= 0.3 is 0 Å². The van der Waals surface area contributed by atoms with E-state index in [1.807, 2.05) is 6.07 Å². The van der Waals surface area contributed by atoms with Crippen molar-refractivity contribution in [2.75, 3.05) is 6.54 Å². The summed E-state index contributed by atoms with van der Waals surface area (Å²) in [6, 6.07) is 8.14. The SMILES string of the molecule is CC1(C)NC(=O)C(Cc2ccccc2)N(CC(F)F)C1=O. The fraction of sp³-hybridized carbons (Fsp3) is 0.467. The van der Waals surface area contributed by atoms with Crippen molar-refractivity contribution < 1.29 is 18.4 Å². The Morgan fingerprint density at radius 1 is 1.24 bits per heavy atom. The molecule has 1 aliphatic heterocycles. The molecular weight excluding hydrogens is 278 g/mol. The molecule has 1 aromatic rings. The third kappa shape index (κ3) is 3.37. The molecule has 114 valence electrons. The Morgan fingerprint density at radius 2 is 1.86 bits per heavy atom. The Balaban J connectivity index is 2.27. The van der Waals surface area contributed by atoms with E-state index in [0.29, 0.717) is 0 Å². The second-order valence-electron chi connectivity index (χ2n) is 5.67. The summed E-state index contributed by atoms with van der Waals surface area (Å²) in [6.45, 7) is 2.31. The predicted octanol–water partition coefficient (Wildman–Crippen LogP) is 1.60. The lowest BCUT2D eigenvalue weighted by molar-refractivity contribution is -0.155. The van der Waals surface area contributed by atoms with Gasteiger partial charge in [-0.25, -0.2) is 8.78 Å². The average Bonchev–Trinajstić information content (AvgIpc) is 2.40. The van der Waals surface area contributed by atoms with E-state index in [4.69, 9.17) is 0 Å². The highest BCUT2D eigenvalue weighted by Gasteiger charge is 2.45. The van der Waals surface area contributed by atoms with Crippen molar-refractivity contribution in [1.29, 1.82) is 0 Å². The second kappa shape index (κ2) is 5.79. The Hall–Kier alpha value is -1.98. The van der Waals surface area contributed by atoms with Crippen LogP contribution >= 0.6 is 0 Å². The number of nitrogens with zero attached hydrogens (tertiary/aromatic N) is 1. The zero-order chi connectivity index (χ0) is 15.6. The van der Waals surface area contributed by atoms with Crippen LogP contribution in [0.5, 0.6) is 0 Å². The van der Waals surface area contributed by atoms with Crippen LogP contribution in [-0.2, 0) is 16.0 Å². The van der Waals surface area contributed by atoms with Crippen LogP contribution < -0.4 is 5.32 Å². The number of amides is 2. The highest BCUT2D eigenvalue weighted by atomic mass is 19.3. The highest BCUT2D eigenvalue weighted by molar-refractivity contribution is 5.99. The molecule has 1 atom stereocenters. The Labute approximate surface area is 122 Å². The minimum atomic E-state index is -2.67. The first-order valence-corrected chi connectivity index (χ1v) is 6.76. The van der Waals surface area contributed by atoms with E-state index in [9.17, 15) is 18.4 Å². The normalized spacial score (nSPS) is 21.6. The first kappa shape index (κ1) is 15.4. The maximum Gasteiger partial charge on any atom is 0.255 e. The summed E-state index contributed by atoms with van der Waals surface area (Å²) in [7, 11) is 0. The lowest BCUT2D eigenvalue weighted by atomic mass is 9.93. The molecule has 1 saturated heterocycles. The maximum atomic E-state index is 12.8. The van der Waals surface area contributed by atoms with E-state index >= 15 is 0 Å². The minimum absolute atomic E-state index is 0.223. The quantitative estimate of drug-likeness (QED) is 0.917. The number of carbonyl (C=O) groups is 2. The van der Waals surface area contributed by atoms with Crippen LogP contribution in [0, 0.1) is 0 Å². The van der Waals surface area contributed by atoms with Crippen molar-refractivity contribution in [3.63, 3.8) is 0 Å².